The summed E-state index contributed by atoms with van der Waals surface area (Å²) in [6.45, 7) is 0. The van der Waals surface area contributed by atoms with Gasteiger partial charge in [-0.1, -0.05) is 18.3 Å². The first-order valence-corrected chi connectivity index (χ1v) is 5.36. The Morgan fingerprint density at radius 3 is 2.61 bits per heavy atom. The minimum absolute atomic E-state index is 0.125. The molecule has 0 aliphatic carbocycles. The Morgan fingerprint density at radius 1 is 1.22 bits per heavy atom. The van der Waals surface area contributed by atoms with Crippen molar-refractivity contribution in [3.05, 3.63) is 53.7 Å². The number of thiocarbonyl (C=S) groups is 1. The number of aromatic nitrogens is 1. The largest absolute Gasteiger partial charge is 0.436 e. The predicted octanol–water partition coefficient (Wildman–Crippen LogP) is 2.79. The van der Waals surface area contributed by atoms with Crippen molar-refractivity contribution < 1.29 is 13.5 Å². The van der Waals surface area contributed by atoms with Crippen molar-refractivity contribution in [3.8, 4) is 11.6 Å². The molecular weight excluding hydrogens is 258 g/mol. The van der Waals surface area contributed by atoms with E-state index in [1.807, 2.05) is 0 Å². The van der Waals surface area contributed by atoms with E-state index >= 15 is 0 Å². The molecule has 1 aromatic heterocycles. The molecule has 18 heavy (non-hydrogen) atoms. The van der Waals surface area contributed by atoms with E-state index in [1.54, 1.807) is 6.07 Å². The summed E-state index contributed by atoms with van der Waals surface area (Å²) in [6, 6.07) is 6.71. The van der Waals surface area contributed by atoms with E-state index in [2.05, 4.69) is 4.98 Å². The van der Waals surface area contributed by atoms with Crippen LogP contribution >= 0.6 is 12.2 Å². The van der Waals surface area contributed by atoms with E-state index < -0.39 is 11.6 Å². The minimum Gasteiger partial charge on any atom is -0.436 e. The van der Waals surface area contributed by atoms with Crippen LogP contribution in [0.4, 0.5) is 8.78 Å². The van der Waals surface area contributed by atoms with Crippen molar-refractivity contribution in [2.24, 2.45) is 5.73 Å². The van der Waals surface area contributed by atoms with Gasteiger partial charge in [-0.05, 0) is 18.2 Å². The Kier molecular flexibility index (Phi) is 3.47. The number of hydrogen-bond acceptors (Lipinski definition) is 3. The molecule has 0 radical (unpaired) electrons. The van der Waals surface area contributed by atoms with Crippen LogP contribution in [-0.4, -0.2) is 9.97 Å². The lowest BCUT2D eigenvalue weighted by atomic mass is 10.3. The van der Waals surface area contributed by atoms with Gasteiger partial charge in [0.1, 0.15) is 4.99 Å². The topological polar surface area (TPSA) is 48.1 Å². The van der Waals surface area contributed by atoms with Crippen molar-refractivity contribution in [1.29, 1.82) is 0 Å². The molecule has 2 N–H and O–H groups in total. The Bertz CT molecular complexity index is 587. The summed E-state index contributed by atoms with van der Waals surface area (Å²) in [5.74, 6) is -2.14. The molecule has 1 aromatic carbocycles. The van der Waals surface area contributed by atoms with Crippen LogP contribution in [0.3, 0.4) is 0 Å². The number of ether oxygens (including phenoxy) is 1. The third-order valence-electron chi connectivity index (χ3n) is 2.15. The fourth-order valence-electron chi connectivity index (χ4n) is 1.26. The zero-order valence-corrected chi connectivity index (χ0v) is 9.88. The maximum Gasteiger partial charge on any atom is 0.219 e. The number of nitrogens with two attached hydrogens (primary N) is 1. The monoisotopic (exact) mass is 266 g/mol. The molecule has 0 saturated heterocycles. The Balaban J connectivity index is 2.24. The summed E-state index contributed by atoms with van der Waals surface area (Å²) >= 11 is 4.76. The highest BCUT2D eigenvalue weighted by atomic mass is 32.1. The second-order valence-corrected chi connectivity index (χ2v) is 3.84. The molecule has 0 bridgehead atoms. The van der Waals surface area contributed by atoms with E-state index in [-0.39, 0.29) is 16.6 Å². The lowest BCUT2D eigenvalue weighted by Gasteiger charge is -2.06. The second-order valence-electron chi connectivity index (χ2n) is 3.40. The minimum atomic E-state index is -1.06. The summed E-state index contributed by atoms with van der Waals surface area (Å²) in [6.07, 6.45) is 1.40. The molecule has 0 aliphatic heterocycles. The molecule has 0 saturated carbocycles. The highest BCUT2D eigenvalue weighted by Gasteiger charge is 2.10. The first-order valence-electron chi connectivity index (χ1n) is 4.95. The molecular formula is C12H8F2N2OS. The summed E-state index contributed by atoms with van der Waals surface area (Å²) in [7, 11) is 0. The zero-order chi connectivity index (χ0) is 13.1. The van der Waals surface area contributed by atoms with Gasteiger partial charge in [-0.2, -0.15) is 4.39 Å². The Morgan fingerprint density at radius 2 is 2.00 bits per heavy atom. The van der Waals surface area contributed by atoms with Gasteiger partial charge in [-0.3, -0.25) is 0 Å². The fourth-order valence-corrected chi connectivity index (χ4v) is 1.38. The van der Waals surface area contributed by atoms with Gasteiger partial charge in [-0.25, -0.2) is 9.37 Å². The van der Waals surface area contributed by atoms with Crippen molar-refractivity contribution in [1.82, 2.24) is 4.98 Å². The first-order chi connectivity index (χ1) is 8.58. The molecule has 3 nitrogen and oxygen atoms in total. The molecule has 0 amide bonds. The molecule has 2 rings (SSSR count). The van der Waals surface area contributed by atoms with E-state index in [4.69, 9.17) is 22.7 Å². The fraction of sp³-hybridized carbons (Fsp3) is 0. The summed E-state index contributed by atoms with van der Waals surface area (Å²) in [5, 5.41) is 0. The molecule has 92 valence electrons. The van der Waals surface area contributed by atoms with E-state index in [9.17, 15) is 8.78 Å². The maximum absolute atomic E-state index is 13.3. The molecule has 6 heteroatoms. The van der Waals surface area contributed by atoms with Crippen LogP contribution in [0.25, 0.3) is 0 Å². The van der Waals surface area contributed by atoms with Crippen molar-refractivity contribution in [2.45, 2.75) is 0 Å². The number of halogens is 2. The molecule has 0 fully saturated rings. The zero-order valence-electron chi connectivity index (χ0n) is 9.06. The standard InChI is InChI=1S/C12H8F2N2OS/c13-8-2-1-3-9(11(8)14)17-10-5-4-7(6-16-10)12(15)18/h1-6H,(H2,15,18). The highest BCUT2D eigenvalue weighted by Crippen LogP contribution is 2.24. The van der Waals surface area contributed by atoms with Crippen LogP contribution in [0.5, 0.6) is 11.6 Å². The number of pyridine rings is 1. The Labute approximate surface area is 107 Å². The number of hydrogen-bond donors (Lipinski definition) is 1. The van der Waals surface area contributed by atoms with E-state index in [0.29, 0.717) is 5.56 Å². The Hall–Kier alpha value is -2.08. The first kappa shape index (κ1) is 12.4. The number of nitrogens with zero attached hydrogens (tertiary/aromatic N) is 1. The summed E-state index contributed by atoms with van der Waals surface area (Å²) < 4.78 is 31.4. The van der Waals surface area contributed by atoms with Crippen molar-refractivity contribution in [3.63, 3.8) is 0 Å². The van der Waals surface area contributed by atoms with Gasteiger partial charge < -0.3 is 10.5 Å². The maximum atomic E-state index is 13.3. The lowest BCUT2D eigenvalue weighted by molar-refractivity contribution is 0.405. The lowest BCUT2D eigenvalue weighted by Crippen LogP contribution is -2.09. The molecule has 1 heterocycles. The average molecular weight is 266 g/mol. The highest BCUT2D eigenvalue weighted by molar-refractivity contribution is 7.80. The third-order valence-corrected chi connectivity index (χ3v) is 2.39. The van der Waals surface area contributed by atoms with Gasteiger partial charge in [0.25, 0.3) is 0 Å². The van der Waals surface area contributed by atoms with Crippen LogP contribution in [0.15, 0.2) is 36.5 Å². The number of rotatable bonds is 3. The van der Waals surface area contributed by atoms with Gasteiger partial charge in [0, 0.05) is 17.8 Å². The summed E-state index contributed by atoms with van der Waals surface area (Å²) in [5.41, 5.74) is 5.97. The van der Waals surface area contributed by atoms with Gasteiger partial charge in [-0.15, -0.1) is 0 Å². The van der Waals surface area contributed by atoms with Crippen LogP contribution < -0.4 is 10.5 Å². The van der Waals surface area contributed by atoms with Gasteiger partial charge in [0.2, 0.25) is 11.7 Å². The number of benzene rings is 1. The van der Waals surface area contributed by atoms with Crippen LogP contribution in [-0.2, 0) is 0 Å². The van der Waals surface area contributed by atoms with Crippen LogP contribution in [0.1, 0.15) is 5.56 Å². The van der Waals surface area contributed by atoms with Crippen molar-refractivity contribution >= 4 is 17.2 Å². The van der Waals surface area contributed by atoms with Gasteiger partial charge >= 0.3 is 0 Å². The predicted molar refractivity (Wildman–Crippen MR) is 66.6 cm³/mol. The van der Waals surface area contributed by atoms with Crippen LogP contribution in [0.2, 0.25) is 0 Å². The molecule has 0 aliphatic rings. The molecule has 0 atom stereocenters. The van der Waals surface area contributed by atoms with Gasteiger partial charge in [0.05, 0.1) is 0 Å². The van der Waals surface area contributed by atoms with E-state index in [0.717, 1.165) is 6.07 Å². The third kappa shape index (κ3) is 2.60. The van der Waals surface area contributed by atoms with Crippen molar-refractivity contribution in [2.75, 3.05) is 0 Å². The molecule has 0 spiro atoms. The molecule has 2 aromatic rings. The quantitative estimate of drug-likeness (QED) is 0.868. The van der Waals surface area contributed by atoms with E-state index in [1.165, 1.54) is 24.4 Å². The smallest absolute Gasteiger partial charge is 0.219 e. The van der Waals surface area contributed by atoms with Gasteiger partial charge in [0.15, 0.2) is 11.6 Å². The second kappa shape index (κ2) is 5.05. The summed E-state index contributed by atoms with van der Waals surface area (Å²) in [4.78, 5) is 4.09. The van der Waals surface area contributed by atoms with Crippen LogP contribution in [0, 0.1) is 11.6 Å². The SMILES string of the molecule is NC(=S)c1ccc(Oc2cccc(F)c2F)nc1. The molecule has 0 unspecified atom stereocenters. The average Bonchev–Trinajstić information content (AvgIpc) is 2.36. The normalized spacial score (nSPS) is 10.1.